The Morgan fingerprint density at radius 2 is 0.927 bits per heavy atom. The van der Waals surface area contributed by atoms with E-state index in [2.05, 4.69) is 98.7 Å². The van der Waals surface area contributed by atoms with Crippen LogP contribution in [0.3, 0.4) is 0 Å². The Labute approximate surface area is 251 Å². The number of pyridine rings is 2. The van der Waals surface area contributed by atoms with Gasteiger partial charge in [-0.3, -0.25) is 4.98 Å². The van der Waals surface area contributed by atoms with Crippen molar-refractivity contribution in [3.8, 4) is 44.8 Å². The van der Waals surface area contributed by atoms with E-state index in [1.807, 2.05) is 85.9 Å². The number of benzene rings is 4. The zero-order chi connectivity index (χ0) is 28.7. The second kappa shape index (κ2) is 16.0. The van der Waals surface area contributed by atoms with Gasteiger partial charge in [-0.15, -0.1) is 0 Å². The second-order valence-corrected chi connectivity index (χ2v) is 9.99. The lowest BCUT2D eigenvalue weighted by Gasteiger charge is -2.06. The van der Waals surface area contributed by atoms with Crippen molar-refractivity contribution in [3.05, 3.63) is 156 Å². The fourth-order valence-electron chi connectivity index (χ4n) is 4.06. The molecule has 0 aliphatic rings. The van der Waals surface area contributed by atoms with Gasteiger partial charge in [-0.25, -0.2) is 4.98 Å². The van der Waals surface area contributed by atoms with E-state index in [1.165, 1.54) is 22.3 Å². The minimum atomic E-state index is 0.319. The molecule has 6 rings (SSSR count). The Hall–Kier alpha value is -4.38. The Kier molecular flexibility index (Phi) is 11.6. The number of aromatic nitrogens is 2. The molecular formula is C37H33BrN2O. The maximum Gasteiger partial charge on any atom is 0.107 e. The first-order valence-corrected chi connectivity index (χ1v) is 14.4. The molecule has 4 heteroatoms. The van der Waals surface area contributed by atoms with Crippen molar-refractivity contribution in [2.45, 2.75) is 13.3 Å². The van der Waals surface area contributed by atoms with Crippen LogP contribution >= 0.6 is 15.9 Å². The molecule has 0 amide bonds. The molecule has 6 aromatic rings. The van der Waals surface area contributed by atoms with Gasteiger partial charge in [0.05, 0.1) is 11.4 Å². The average molecular weight is 602 g/mol. The van der Waals surface area contributed by atoms with Gasteiger partial charge in [0.25, 0.3) is 0 Å². The van der Waals surface area contributed by atoms with Crippen LogP contribution in [0.2, 0.25) is 0 Å². The first kappa shape index (κ1) is 29.6. The highest BCUT2D eigenvalue weighted by Gasteiger charge is 2.05. The summed E-state index contributed by atoms with van der Waals surface area (Å²) in [6, 6.07) is 49.5. The van der Waals surface area contributed by atoms with Crippen LogP contribution in [0.15, 0.2) is 156 Å². The van der Waals surface area contributed by atoms with Crippen molar-refractivity contribution < 1.29 is 5.11 Å². The lowest BCUT2D eigenvalue weighted by Crippen LogP contribution is -1.87. The van der Waals surface area contributed by atoms with Crippen LogP contribution in [0.4, 0.5) is 0 Å². The summed E-state index contributed by atoms with van der Waals surface area (Å²) in [5.74, 6) is 0. The van der Waals surface area contributed by atoms with Crippen molar-refractivity contribution in [2.24, 2.45) is 0 Å². The van der Waals surface area contributed by atoms with Crippen LogP contribution in [0, 0.1) is 0 Å². The second-order valence-electron chi connectivity index (χ2n) is 9.18. The first-order chi connectivity index (χ1) is 20.2. The van der Waals surface area contributed by atoms with E-state index < -0.39 is 0 Å². The van der Waals surface area contributed by atoms with E-state index in [9.17, 15) is 0 Å². The summed E-state index contributed by atoms with van der Waals surface area (Å²) in [5, 5.41) is 7.88. The highest BCUT2D eigenvalue weighted by molar-refractivity contribution is 9.10. The van der Waals surface area contributed by atoms with E-state index in [4.69, 9.17) is 5.11 Å². The number of hydrogen-bond acceptors (Lipinski definition) is 3. The van der Waals surface area contributed by atoms with Gasteiger partial charge in [0.1, 0.15) is 4.60 Å². The molecule has 0 aliphatic carbocycles. The third-order valence-electron chi connectivity index (χ3n) is 6.13. The van der Waals surface area contributed by atoms with Crippen LogP contribution in [-0.4, -0.2) is 21.7 Å². The van der Waals surface area contributed by atoms with Gasteiger partial charge in [-0.1, -0.05) is 128 Å². The monoisotopic (exact) mass is 600 g/mol. The Morgan fingerprint density at radius 3 is 1.41 bits per heavy atom. The standard InChI is InChI=1S/C17H12BrN.C17H13N.C3H8O/c18-17-12-15(13-7-3-1-4-8-13)11-16(19-17)14-9-5-2-6-10-14;1-3-7-14(8-4-1)16-11-12-18-17(13-16)15-9-5-2-6-10-15;1-2-3-4/h1-12H;1-13H;4H,2-3H2,1H3. The number of hydrogen-bond donors (Lipinski definition) is 1. The Morgan fingerprint density at radius 1 is 0.512 bits per heavy atom. The zero-order valence-electron chi connectivity index (χ0n) is 23.1. The van der Waals surface area contributed by atoms with E-state index in [0.29, 0.717) is 6.61 Å². The third kappa shape index (κ3) is 9.07. The van der Waals surface area contributed by atoms with E-state index >= 15 is 0 Å². The summed E-state index contributed by atoms with van der Waals surface area (Å²) in [4.78, 5) is 8.98. The fourth-order valence-corrected chi connectivity index (χ4v) is 4.50. The highest BCUT2D eigenvalue weighted by Crippen LogP contribution is 2.28. The van der Waals surface area contributed by atoms with Crippen LogP contribution in [0.1, 0.15) is 13.3 Å². The molecule has 0 aliphatic heterocycles. The van der Waals surface area contributed by atoms with Gasteiger partial charge in [0.2, 0.25) is 0 Å². The molecule has 3 nitrogen and oxygen atoms in total. The van der Waals surface area contributed by atoms with Crippen molar-refractivity contribution in [3.63, 3.8) is 0 Å². The normalized spacial score (nSPS) is 10.0. The van der Waals surface area contributed by atoms with Crippen molar-refractivity contribution >= 4 is 15.9 Å². The molecule has 0 bridgehead atoms. The molecule has 0 unspecified atom stereocenters. The summed E-state index contributed by atoms with van der Waals surface area (Å²) < 4.78 is 0.854. The lowest BCUT2D eigenvalue weighted by atomic mass is 10.0. The molecule has 0 fully saturated rings. The molecule has 0 radical (unpaired) electrons. The smallest absolute Gasteiger partial charge is 0.107 e. The molecule has 0 spiro atoms. The number of halogens is 1. The molecule has 0 atom stereocenters. The molecule has 41 heavy (non-hydrogen) atoms. The molecular weight excluding hydrogens is 568 g/mol. The van der Waals surface area contributed by atoms with E-state index in [0.717, 1.165) is 33.5 Å². The highest BCUT2D eigenvalue weighted by atomic mass is 79.9. The summed E-state index contributed by atoms with van der Waals surface area (Å²) in [6.07, 6.45) is 2.74. The summed E-state index contributed by atoms with van der Waals surface area (Å²) in [6.45, 7) is 2.25. The number of aliphatic hydroxyl groups excluding tert-OH is 1. The van der Waals surface area contributed by atoms with Crippen LogP contribution in [-0.2, 0) is 0 Å². The van der Waals surface area contributed by atoms with E-state index in [-0.39, 0.29) is 0 Å². The molecule has 0 saturated carbocycles. The van der Waals surface area contributed by atoms with Crippen LogP contribution < -0.4 is 0 Å². The zero-order valence-corrected chi connectivity index (χ0v) is 24.7. The minimum Gasteiger partial charge on any atom is -0.396 e. The third-order valence-corrected chi connectivity index (χ3v) is 6.54. The molecule has 2 heterocycles. The molecule has 204 valence electrons. The van der Waals surface area contributed by atoms with Gasteiger partial charge in [-0.05, 0) is 68.9 Å². The predicted octanol–water partition coefficient (Wildman–Crippen LogP) is 9.98. The Balaban J connectivity index is 0.000000168. The molecule has 4 aromatic carbocycles. The molecule has 2 aromatic heterocycles. The SMILES string of the molecule is Brc1cc(-c2ccccc2)cc(-c2ccccc2)n1.CCCO.c1ccc(-c2ccnc(-c3ccccc3)c2)cc1. The van der Waals surface area contributed by atoms with Crippen molar-refractivity contribution in [2.75, 3.05) is 6.61 Å². The average Bonchev–Trinajstić information content (AvgIpc) is 3.06. The lowest BCUT2D eigenvalue weighted by molar-refractivity contribution is 0.295. The number of aliphatic hydroxyl groups is 1. The Bertz CT molecular complexity index is 1480. The summed E-state index contributed by atoms with van der Waals surface area (Å²) >= 11 is 3.50. The fraction of sp³-hybridized carbons (Fsp3) is 0.0811. The van der Waals surface area contributed by atoms with Gasteiger partial charge in [0.15, 0.2) is 0 Å². The van der Waals surface area contributed by atoms with Gasteiger partial charge < -0.3 is 5.11 Å². The number of nitrogens with zero attached hydrogens (tertiary/aromatic N) is 2. The maximum absolute atomic E-state index is 7.88. The van der Waals surface area contributed by atoms with Crippen LogP contribution in [0.25, 0.3) is 44.8 Å². The van der Waals surface area contributed by atoms with Gasteiger partial charge in [0, 0.05) is 23.9 Å². The minimum absolute atomic E-state index is 0.319. The van der Waals surface area contributed by atoms with Gasteiger partial charge in [-0.2, -0.15) is 0 Å². The largest absolute Gasteiger partial charge is 0.396 e. The summed E-state index contributed by atoms with van der Waals surface area (Å²) in [7, 11) is 0. The van der Waals surface area contributed by atoms with Crippen molar-refractivity contribution in [1.82, 2.24) is 9.97 Å². The summed E-state index contributed by atoms with van der Waals surface area (Å²) in [5.41, 5.74) is 9.05. The van der Waals surface area contributed by atoms with Crippen molar-refractivity contribution in [1.29, 1.82) is 0 Å². The van der Waals surface area contributed by atoms with Crippen LogP contribution in [0.5, 0.6) is 0 Å². The topological polar surface area (TPSA) is 46.0 Å². The molecule has 0 saturated heterocycles. The van der Waals surface area contributed by atoms with Gasteiger partial charge >= 0.3 is 0 Å². The predicted molar refractivity (Wildman–Crippen MR) is 175 cm³/mol. The maximum atomic E-state index is 7.88. The van der Waals surface area contributed by atoms with E-state index in [1.54, 1.807) is 0 Å². The number of rotatable bonds is 5. The molecule has 1 N–H and O–H groups in total. The quantitative estimate of drug-likeness (QED) is 0.200. The first-order valence-electron chi connectivity index (χ1n) is 13.6.